The van der Waals surface area contributed by atoms with E-state index in [-0.39, 0.29) is 10.8 Å². The van der Waals surface area contributed by atoms with Gasteiger partial charge in [-0.05, 0) is 385 Å². The second kappa shape index (κ2) is 30.0. The topological polar surface area (TPSA) is 6.48 Å². The average molecular weight is 1790 g/mol. The van der Waals surface area contributed by atoms with Crippen LogP contribution in [0, 0.1) is 47.3 Å². The van der Waals surface area contributed by atoms with E-state index in [1.807, 2.05) is 0 Å². The normalized spacial score (nSPS) is 21.9. The maximum atomic E-state index is 2.72. The van der Waals surface area contributed by atoms with Crippen molar-refractivity contribution in [3.05, 3.63) is 516 Å². The number of hydrogen-bond donors (Lipinski definition) is 0. The predicted octanol–water partition coefficient (Wildman–Crippen LogP) is 35.4. The Kier molecular flexibility index (Phi) is 17.1. The molecule has 0 amide bonds. The van der Waals surface area contributed by atoms with Crippen molar-refractivity contribution in [2.24, 2.45) is 47.3 Å². The molecule has 8 bridgehead atoms. The Labute approximate surface area is 819 Å². The third kappa shape index (κ3) is 10.9. The van der Waals surface area contributed by atoms with E-state index in [1.54, 1.807) is 22.3 Å². The summed E-state index contributed by atoms with van der Waals surface area (Å²) in [6.45, 7) is 0. The van der Waals surface area contributed by atoms with Crippen molar-refractivity contribution in [1.82, 2.24) is 0 Å². The standard InChI is InChI=1S/C138H102N2/c1-5-28-91(29-6-1)133-109(96-55-52-89-27-13-14-32-93(89)77-96)42-25-49-131(133)139(106-58-63-117-113-39-15-20-44-121(113)136(128(117)82-106)101-69-85-67-86(71-101)72-102(136)70-85)105-61-66-120-116-62-57-95(80-126(116)135(127(120)81-105,99-33-9-3-10-34-99)100-35-11-4-12-36-100)94-54-51-90-53-56-97(79-98(90)78-94)110-43-26-50-132(134(110)92-30-7-2-8-31-92)140(107-59-64-118-114-40-16-21-45-122(114)137(129(118)83-107)103-73-87-68-88(75-103)76-104(137)74-87)108-60-65-119-115-41-19-24-48-125(115)138(130(119)84-108)123-46-22-17-37-111(123)112-38-18-23-47-124(112)138/h1-66,77-88,101-104H,67-76H2. The summed E-state index contributed by atoms with van der Waals surface area (Å²) in [6.07, 6.45) is 13.4. The lowest BCUT2D eigenvalue weighted by atomic mass is 9.43. The maximum absolute atomic E-state index is 2.72. The van der Waals surface area contributed by atoms with E-state index >= 15 is 0 Å². The van der Waals surface area contributed by atoms with Gasteiger partial charge in [0.1, 0.15) is 0 Å². The van der Waals surface area contributed by atoms with Crippen LogP contribution < -0.4 is 9.80 Å². The third-order valence-electron chi connectivity index (χ3n) is 36.9. The summed E-state index contributed by atoms with van der Waals surface area (Å²) in [6, 6.07) is 176. The fraction of sp³-hybridized carbons (Fsp3) is 0.159. The summed E-state index contributed by atoms with van der Waals surface area (Å²) >= 11 is 0. The smallest absolute Gasteiger partial charge is 0.0726 e. The van der Waals surface area contributed by atoms with Gasteiger partial charge in [-0.1, -0.05) is 364 Å². The summed E-state index contributed by atoms with van der Waals surface area (Å²) in [7, 11) is 0. The van der Waals surface area contributed by atoms with Gasteiger partial charge in [0.25, 0.3) is 0 Å². The minimum atomic E-state index is -0.762. The quantitative estimate of drug-likeness (QED) is 0.114. The Morgan fingerprint density at radius 2 is 0.450 bits per heavy atom. The van der Waals surface area contributed by atoms with Crippen LogP contribution in [0.15, 0.2) is 449 Å². The molecular formula is C138H102N2. The summed E-state index contributed by atoms with van der Waals surface area (Å²) < 4.78 is 0. The zero-order valence-electron chi connectivity index (χ0n) is 78.3. The number of hydrogen-bond acceptors (Lipinski definition) is 2. The summed E-state index contributed by atoms with van der Waals surface area (Å²) in [5, 5.41) is 4.86. The van der Waals surface area contributed by atoms with Crippen LogP contribution in [0.2, 0.25) is 0 Å². The zero-order valence-corrected chi connectivity index (χ0v) is 78.3. The Hall–Kier alpha value is -15.5. The Morgan fingerprint density at radius 3 is 0.879 bits per heavy atom. The number of fused-ring (bicyclic) bond motifs is 21. The molecule has 2 nitrogen and oxygen atoms in total. The summed E-state index contributed by atoms with van der Waals surface area (Å²) in [5.74, 6) is 5.74. The van der Waals surface area contributed by atoms with Crippen molar-refractivity contribution < 1.29 is 0 Å². The molecule has 33 rings (SSSR count). The zero-order chi connectivity index (χ0) is 91.4. The van der Waals surface area contributed by atoms with Gasteiger partial charge in [0, 0.05) is 44.7 Å². The van der Waals surface area contributed by atoms with Crippen LogP contribution in [0.3, 0.4) is 0 Å². The Bertz CT molecular complexity index is 8450. The molecule has 0 heterocycles. The molecule has 3 spiro atoms. The molecule has 13 aliphatic carbocycles. The van der Waals surface area contributed by atoms with Gasteiger partial charge in [-0.3, -0.25) is 0 Å². The first kappa shape index (κ1) is 79.6. The van der Waals surface area contributed by atoms with Crippen LogP contribution in [0.25, 0.3) is 133 Å². The lowest BCUT2D eigenvalue weighted by molar-refractivity contribution is -0.0399. The van der Waals surface area contributed by atoms with Gasteiger partial charge in [0.2, 0.25) is 0 Å². The highest BCUT2D eigenvalue weighted by Crippen LogP contribution is 2.74. The van der Waals surface area contributed by atoms with Gasteiger partial charge in [-0.2, -0.15) is 0 Å². The van der Waals surface area contributed by atoms with Crippen LogP contribution >= 0.6 is 0 Å². The second-order valence-electron chi connectivity index (χ2n) is 43.1. The molecule has 20 aromatic carbocycles. The predicted molar refractivity (Wildman–Crippen MR) is 578 cm³/mol. The molecule has 0 saturated heterocycles. The van der Waals surface area contributed by atoms with Gasteiger partial charge in [0.05, 0.1) is 22.2 Å². The van der Waals surface area contributed by atoms with Crippen molar-refractivity contribution in [1.29, 1.82) is 0 Å². The number of anilines is 6. The first-order chi connectivity index (χ1) is 69.3. The molecule has 2 heteroatoms. The van der Waals surface area contributed by atoms with E-state index in [0.29, 0.717) is 23.7 Å². The molecule has 140 heavy (non-hydrogen) atoms. The van der Waals surface area contributed by atoms with Gasteiger partial charge < -0.3 is 9.80 Å². The van der Waals surface area contributed by atoms with Gasteiger partial charge in [-0.25, -0.2) is 0 Å². The average Bonchev–Trinajstić information content (AvgIpc) is 1.50. The highest BCUT2D eigenvalue weighted by molar-refractivity contribution is 6.05. The van der Waals surface area contributed by atoms with Crippen LogP contribution in [0.1, 0.15) is 131 Å². The third-order valence-corrected chi connectivity index (χ3v) is 36.9. The molecule has 0 radical (unpaired) electrons. The van der Waals surface area contributed by atoms with Crippen molar-refractivity contribution in [3.8, 4) is 111 Å². The van der Waals surface area contributed by atoms with Crippen molar-refractivity contribution in [2.45, 2.75) is 85.9 Å². The number of rotatable bonds is 13. The summed E-state index contributed by atoms with van der Waals surface area (Å²) in [4.78, 5) is 5.39. The van der Waals surface area contributed by atoms with Crippen molar-refractivity contribution >= 4 is 55.7 Å². The van der Waals surface area contributed by atoms with Crippen LogP contribution in [-0.2, 0) is 21.7 Å². The molecule has 13 aliphatic rings. The monoisotopic (exact) mass is 1790 g/mol. The maximum Gasteiger partial charge on any atom is 0.0726 e. The van der Waals surface area contributed by atoms with Gasteiger partial charge >= 0.3 is 0 Å². The van der Waals surface area contributed by atoms with Gasteiger partial charge in [-0.15, -0.1) is 0 Å². The fourth-order valence-corrected chi connectivity index (χ4v) is 32.1. The lowest BCUT2D eigenvalue weighted by Gasteiger charge is -2.61. The van der Waals surface area contributed by atoms with Gasteiger partial charge in [0.15, 0.2) is 0 Å². The van der Waals surface area contributed by atoms with E-state index in [1.165, 1.54) is 253 Å². The molecule has 20 aromatic rings. The van der Waals surface area contributed by atoms with Crippen molar-refractivity contribution in [3.63, 3.8) is 0 Å². The van der Waals surface area contributed by atoms with Crippen LogP contribution in [0.5, 0.6) is 0 Å². The number of nitrogens with zero attached hydrogens (tertiary/aromatic N) is 2. The molecule has 8 saturated carbocycles. The van der Waals surface area contributed by atoms with E-state index < -0.39 is 10.8 Å². The van der Waals surface area contributed by atoms with Crippen LogP contribution in [-0.4, -0.2) is 0 Å². The van der Waals surface area contributed by atoms with Crippen LogP contribution in [0.4, 0.5) is 34.1 Å². The Morgan fingerprint density at radius 1 is 0.164 bits per heavy atom. The van der Waals surface area contributed by atoms with E-state index in [9.17, 15) is 0 Å². The molecule has 8 fully saturated rings. The minimum Gasteiger partial charge on any atom is -0.310 e. The largest absolute Gasteiger partial charge is 0.310 e. The molecule has 0 atom stereocenters. The Balaban J connectivity index is 0.582. The molecule has 0 unspecified atom stereocenters. The highest BCUT2D eigenvalue weighted by atomic mass is 15.2. The first-order valence-electron chi connectivity index (χ1n) is 51.7. The number of benzene rings is 20. The van der Waals surface area contributed by atoms with E-state index in [2.05, 4.69) is 459 Å². The van der Waals surface area contributed by atoms with Crippen molar-refractivity contribution in [2.75, 3.05) is 9.80 Å². The van der Waals surface area contributed by atoms with E-state index in [0.717, 1.165) is 46.4 Å². The minimum absolute atomic E-state index is 0.0421. The summed E-state index contributed by atoms with van der Waals surface area (Å²) in [5.41, 5.74) is 47.5. The molecule has 0 aromatic heterocycles. The fourth-order valence-electron chi connectivity index (χ4n) is 32.1. The first-order valence-corrected chi connectivity index (χ1v) is 51.7. The molecule has 0 N–H and O–H groups in total. The second-order valence-corrected chi connectivity index (χ2v) is 43.1. The highest BCUT2D eigenvalue weighted by Gasteiger charge is 2.64. The lowest BCUT2D eigenvalue weighted by Crippen LogP contribution is -2.55. The molecular weight excluding hydrogens is 1690 g/mol. The van der Waals surface area contributed by atoms with E-state index in [4.69, 9.17) is 0 Å². The SMILES string of the molecule is c1ccc(-c2c(-c3ccc4ccccc4c3)cccc2N(c2ccc3c(c2)C(c2ccccc2)(c2ccccc2)c2cc(-c4ccc5ccc(-c6cccc(N(c7ccc8c(c7)C7(c9ccccc9-c9ccccc97)c7ccccc7-8)c7ccc8c(c7)C7(c9ccccc9-8)C8CC9CC(C8)CC7C9)c6-c6ccccc6)cc5c4)ccc2-3)c2ccc3c(c2)C2(c4ccccc4-3)C3CC4CC(C3)CC2C4)cc1. The molecule has 664 valence electrons. The molecule has 0 aliphatic heterocycles.